The van der Waals surface area contributed by atoms with E-state index in [2.05, 4.69) is 45.5 Å². The lowest BCUT2D eigenvalue weighted by atomic mass is 10.1. The van der Waals surface area contributed by atoms with Crippen molar-refractivity contribution in [3.05, 3.63) is 17.8 Å². The summed E-state index contributed by atoms with van der Waals surface area (Å²) in [5.74, 6) is 1.73. The quantitative estimate of drug-likeness (QED) is 0.919. The van der Waals surface area contributed by atoms with Gasteiger partial charge in [0.1, 0.15) is 12.1 Å². The third-order valence-electron chi connectivity index (χ3n) is 3.71. The van der Waals surface area contributed by atoms with Crippen molar-refractivity contribution in [1.82, 2.24) is 15.3 Å². The number of fused-ring (bicyclic) bond motifs is 1. The number of anilines is 1. The van der Waals surface area contributed by atoms with Gasteiger partial charge in [-0.2, -0.15) is 0 Å². The number of nitrogens with one attached hydrogen (secondary N) is 1. The summed E-state index contributed by atoms with van der Waals surface area (Å²) in [4.78, 5) is 11.4. The second-order valence-electron chi connectivity index (χ2n) is 5.92. The van der Waals surface area contributed by atoms with Gasteiger partial charge in [0.15, 0.2) is 0 Å². The zero-order valence-corrected chi connectivity index (χ0v) is 13.0. The molecule has 1 N–H and O–H groups in total. The Bertz CT molecular complexity index is 560. The van der Waals surface area contributed by atoms with E-state index in [1.165, 1.54) is 17.5 Å². The Balaban J connectivity index is 1.88. The number of rotatable bonds is 5. The minimum absolute atomic E-state index is 0.596. The minimum atomic E-state index is 0.596. The van der Waals surface area contributed by atoms with Crippen LogP contribution in [0.5, 0.6) is 0 Å². The van der Waals surface area contributed by atoms with E-state index >= 15 is 0 Å². The van der Waals surface area contributed by atoms with Crippen LogP contribution in [0.25, 0.3) is 10.2 Å². The van der Waals surface area contributed by atoms with Gasteiger partial charge in [-0.3, -0.25) is 0 Å². The molecule has 1 atom stereocenters. The third-order valence-corrected chi connectivity index (χ3v) is 4.61. The number of hydrogen-bond acceptors (Lipinski definition) is 5. The van der Waals surface area contributed by atoms with Crippen LogP contribution in [-0.4, -0.2) is 35.6 Å². The van der Waals surface area contributed by atoms with Gasteiger partial charge in [-0.1, -0.05) is 13.8 Å². The molecule has 0 bridgehead atoms. The minimum Gasteiger partial charge on any atom is -0.354 e. The Labute approximate surface area is 124 Å². The second kappa shape index (κ2) is 6.06. The Morgan fingerprint density at radius 3 is 3.10 bits per heavy atom. The molecule has 20 heavy (non-hydrogen) atoms. The molecule has 1 aliphatic heterocycles. The highest BCUT2D eigenvalue weighted by atomic mass is 32.1. The van der Waals surface area contributed by atoms with Crippen molar-refractivity contribution in [2.45, 2.75) is 32.7 Å². The predicted molar refractivity (Wildman–Crippen MR) is 85.5 cm³/mol. The van der Waals surface area contributed by atoms with Crippen LogP contribution in [0.4, 0.5) is 5.82 Å². The summed E-state index contributed by atoms with van der Waals surface area (Å²) in [6.07, 6.45) is 4.26. The van der Waals surface area contributed by atoms with E-state index in [-0.39, 0.29) is 0 Å². The van der Waals surface area contributed by atoms with E-state index in [9.17, 15) is 0 Å². The van der Waals surface area contributed by atoms with Gasteiger partial charge in [0.2, 0.25) is 0 Å². The van der Waals surface area contributed by atoms with Crippen molar-refractivity contribution in [3.63, 3.8) is 0 Å². The van der Waals surface area contributed by atoms with Crippen molar-refractivity contribution in [3.8, 4) is 0 Å². The molecule has 108 valence electrons. The SMILES string of the molecule is CC(C)CN(CC1CCCN1)c1ncnc2ccsc12. The summed E-state index contributed by atoms with van der Waals surface area (Å²) in [6.45, 7) is 7.77. The number of thiophene rings is 1. The second-order valence-corrected chi connectivity index (χ2v) is 6.84. The van der Waals surface area contributed by atoms with Gasteiger partial charge in [-0.25, -0.2) is 9.97 Å². The molecule has 4 nitrogen and oxygen atoms in total. The molecule has 0 aliphatic carbocycles. The first-order valence-electron chi connectivity index (χ1n) is 7.40. The molecule has 2 aromatic heterocycles. The lowest BCUT2D eigenvalue weighted by Gasteiger charge is -2.28. The van der Waals surface area contributed by atoms with E-state index in [1.54, 1.807) is 17.7 Å². The van der Waals surface area contributed by atoms with E-state index in [4.69, 9.17) is 0 Å². The summed E-state index contributed by atoms with van der Waals surface area (Å²) in [5, 5.41) is 5.69. The molecule has 2 aromatic rings. The summed E-state index contributed by atoms with van der Waals surface area (Å²) in [5.41, 5.74) is 1.06. The van der Waals surface area contributed by atoms with Crippen LogP contribution in [0.15, 0.2) is 17.8 Å². The van der Waals surface area contributed by atoms with Gasteiger partial charge in [0.25, 0.3) is 0 Å². The molecule has 0 radical (unpaired) electrons. The maximum atomic E-state index is 4.57. The maximum Gasteiger partial charge on any atom is 0.150 e. The van der Waals surface area contributed by atoms with Crippen LogP contribution in [0.3, 0.4) is 0 Å². The molecule has 1 unspecified atom stereocenters. The van der Waals surface area contributed by atoms with Gasteiger partial charge < -0.3 is 10.2 Å². The van der Waals surface area contributed by atoms with Crippen molar-refractivity contribution in [1.29, 1.82) is 0 Å². The molecule has 1 saturated heterocycles. The van der Waals surface area contributed by atoms with Crippen molar-refractivity contribution < 1.29 is 0 Å². The predicted octanol–water partition coefficient (Wildman–Crippen LogP) is 2.91. The number of aromatic nitrogens is 2. The van der Waals surface area contributed by atoms with Crippen LogP contribution in [0, 0.1) is 5.92 Å². The highest BCUT2D eigenvalue weighted by Crippen LogP contribution is 2.28. The highest BCUT2D eigenvalue weighted by molar-refractivity contribution is 7.17. The molecule has 1 fully saturated rings. The summed E-state index contributed by atoms with van der Waals surface area (Å²) in [6, 6.07) is 2.67. The van der Waals surface area contributed by atoms with Gasteiger partial charge in [-0.15, -0.1) is 11.3 Å². The standard InChI is InChI=1S/C15H22N4S/c1-11(2)8-19(9-12-4-3-6-16-12)15-14-13(5-7-20-14)17-10-18-15/h5,7,10-12,16H,3-4,6,8-9H2,1-2H3. The first-order chi connectivity index (χ1) is 9.74. The van der Waals surface area contributed by atoms with E-state index in [1.807, 2.05) is 0 Å². The van der Waals surface area contributed by atoms with Gasteiger partial charge in [0, 0.05) is 19.1 Å². The molecule has 5 heteroatoms. The van der Waals surface area contributed by atoms with Crippen LogP contribution >= 0.6 is 11.3 Å². The van der Waals surface area contributed by atoms with Crippen LogP contribution in [-0.2, 0) is 0 Å². The lowest BCUT2D eigenvalue weighted by molar-refractivity contribution is 0.538. The zero-order chi connectivity index (χ0) is 13.9. The van der Waals surface area contributed by atoms with Gasteiger partial charge in [-0.05, 0) is 36.8 Å². The zero-order valence-electron chi connectivity index (χ0n) is 12.2. The topological polar surface area (TPSA) is 41.0 Å². The molecule has 3 rings (SSSR count). The number of hydrogen-bond donors (Lipinski definition) is 1. The Morgan fingerprint density at radius 1 is 1.45 bits per heavy atom. The first kappa shape index (κ1) is 13.8. The summed E-state index contributed by atoms with van der Waals surface area (Å²) < 4.78 is 1.21. The van der Waals surface area contributed by atoms with E-state index in [0.717, 1.165) is 31.0 Å². The smallest absolute Gasteiger partial charge is 0.150 e. The number of nitrogens with zero attached hydrogens (tertiary/aromatic N) is 3. The molecular weight excluding hydrogens is 268 g/mol. The summed E-state index contributed by atoms with van der Waals surface area (Å²) in [7, 11) is 0. The molecular formula is C15H22N4S. The monoisotopic (exact) mass is 290 g/mol. The average Bonchev–Trinajstić information content (AvgIpc) is 3.07. The van der Waals surface area contributed by atoms with E-state index < -0.39 is 0 Å². The fourth-order valence-electron chi connectivity index (χ4n) is 2.87. The van der Waals surface area contributed by atoms with Crippen molar-refractivity contribution >= 4 is 27.4 Å². The van der Waals surface area contributed by atoms with Crippen LogP contribution < -0.4 is 10.2 Å². The Kier molecular flexibility index (Phi) is 4.17. The van der Waals surface area contributed by atoms with Crippen molar-refractivity contribution in [2.75, 3.05) is 24.5 Å². The largest absolute Gasteiger partial charge is 0.354 e. The van der Waals surface area contributed by atoms with Gasteiger partial charge in [0.05, 0.1) is 10.2 Å². The maximum absolute atomic E-state index is 4.57. The van der Waals surface area contributed by atoms with Crippen molar-refractivity contribution in [2.24, 2.45) is 5.92 Å². The third kappa shape index (κ3) is 2.94. The molecule has 3 heterocycles. The lowest BCUT2D eigenvalue weighted by Crippen LogP contribution is -2.40. The molecule has 0 saturated carbocycles. The molecule has 1 aliphatic rings. The highest BCUT2D eigenvalue weighted by Gasteiger charge is 2.21. The van der Waals surface area contributed by atoms with Gasteiger partial charge >= 0.3 is 0 Å². The normalized spacial score (nSPS) is 19.1. The molecule has 0 amide bonds. The Morgan fingerprint density at radius 2 is 2.35 bits per heavy atom. The summed E-state index contributed by atoms with van der Waals surface area (Å²) >= 11 is 1.74. The van der Waals surface area contributed by atoms with E-state index in [0.29, 0.717) is 12.0 Å². The fourth-order valence-corrected chi connectivity index (χ4v) is 3.73. The Hall–Kier alpha value is -1.20. The van der Waals surface area contributed by atoms with Crippen LogP contribution in [0.2, 0.25) is 0 Å². The molecule has 0 aromatic carbocycles. The fraction of sp³-hybridized carbons (Fsp3) is 0.600. The average molecular weight is 290 g/mol. The first-order valence-corrected chi connectivity index (χ1v) is 8.28. The van der Waals surface area contributed by atoms with Crippen LogP contribution in [0.1, 0.15) is 26.7 Å². The molecule has 0 spiro atoms.